The van der Waals surface area contributed by atoms with E-state index < -0.39 is 0 Å². The Labute approximate surface area is 102 Å². The molecule has 0 bridgehead atoms. The van der Waals surface area contributed by atoms with E-state index in [9.17, 15) is 0 Å². The summed E-state index contributed by atoms with van der Waals surface area (Å²) in [5.41, 5.74) is 0.556. The molecule has 0 heterocycles. The van der Waals surface area contributed by atoms with Gasteiger partial charge in [-0.2, -0.15) is 0 Å². The van der Waals surface area contributed by atoms with E-state index in [1.165, 1.54) is 0 Å². The average Bonchev–Trinajstić information content (AvgIpc) is 2.07. The largest absolute Gasteiger partial charge is 0.378 e. The van der Waals surface area contributed by atoms with E-state index in [0.717, 1.165) is 19.4 Å². The van der Waals surface area contributed by atoms with Gasteiger partial charge in [0.2, 0.25) is 0 Å². The smallest absolute Gasteiger partial charge is 0.0595 e. The lowest BCUT2D eigenvalue weighted by Crippen LogP contribution is -2.26. The van der Waals surface area contributed by atoms with Crippen LogP contribution < -0.4 is 0 Å². The van der Waals surface area contributed by atoms with E-state index >= 15 is 0 Å². The van der Waals surface area contributed by atoms with Gasteiger partial charge in [-0.25, -0.2) is 0 Å². The number of ether oxygens (including phenoxy) is 1. The van der Waals surface area contributed by atoms with E-state index in [1.807, 2.05) is 0 Å². The van der Waals surface area contributed by atoms with Crippen LogP contribution in [0, 0.1) is 10.8 Å². The first-order chi connectivity index (χ1) is 7.13. The number of rotatable bonds is 5. The normalized spacial score (nSPS) is 15.7. The summed E-state index contributed by atoms with van der Waals surface area (Å²) in [7, 11) is 0. The van der Waals surface area contributed by atoms with Crippen LogP contribution in [0.2, 0.25) is 0 Å². The first-order valence-corrected chi connectivity index (χ1v) is 6.42. The molecule has 0 saturated carbocycles. The van der Waals surface area contributed by atoms with Gasteiger partial charge in [-0.1, -0.05) is 53.7 Å². The third-order valence-corrected chi connectivity index (χ3v) is 2.72. The minimum atomic E-state index is 0.251. The van der Waals surface area contributed by atoms with Crippen molar-refractivity contribution < 1.29 is 4.74 Å². The summed E-state index contributed by atoms with van der Waals surface area (Å²) in [4.78, 5) is 0. The molecule has 0 rings (SSSR count). The molecule has 1 atom stereocenters. The minimum Gasteiger partial charge on any atom is -0.378 e. The molecule has 0 radical (unpaired) electrons. The SMILES string of the molecule is CC(OCCC/C=C/C(C)(C)C)C(C)(C)C. The standard InChI is InChI=1S/C15H30O/c1-13(15(5,6)7)16-12-10-8-9-11-14(2,3)4/h9,11,13H,8,10,12H2,1-7H3/b11-9+. The maximum Gasteiger partial charge on any atom is 0.0595 e. The molecule has 0 N–H and O–H groups in total. The van der Waals surface area contributed by atoms with Gasteiger partial charge in [-0.15, -0.1) is 0 Å². The molecule has 0 spiro atoms. The first-order valence-electron chi connectivity index (χ1n) is 6.42. The maximum absolute atomic E-state index is 5.80. The maximum atomic E-state index is 5.80. The molecule has 0 aliphatic carbocycles. The second kappa shape index (κ2) is 6.44. The molecular weight excluding hydrogens is 196 g/mol. The van der Waals surface area contributed by atoms with Crippen molar-refractivity contribution in [2.45, 2.75) is 67.4 Å². The predicted molar refractivity (Wildman–Crippen MR) is 72.7 cm³/mol. The quantitative estimate of drug-likeness (QED) is 0.482. The van der Waals surface area contributed by atoms with Gasteiger partial charge in [0.15, 0.2) is 0 Å². The molecule has 0 aromatic heterocycles. The van der Waals surface area contributed by atoms with Crippen LogP contribution in [0.4, 0.5) is 0 Å². The highest BCUT2D eigenvalue weighted by Crippen LogP contribution is 2.21. The lowest BCUT2D eigenvalue weighted by atomic mass is 9.90. The van der Waals surface area contributed by atoms with Crippen LogP contribution in [0.5, 0.6) is 0 Å². The third-order valence-electron chi connectivity index (χ3n) is 2.72. The zero-order valence-corrected chi connectivity index (χ0v) is 12.3. The highest BCUT2D eigenvalue weighted by Gasteiger charge is 2.19. The molecule has 1 heteroatoms. The Morgan fingerprint density at radius 1 is 1.06 bits per heavy atom. The Morgan fingerprint density at radius 2 is 1.62 bits per heavy atom. The number of unbranched alkanes of at least 4 members (excludes halogenated alkanes) is 1. The average molecular weight is 226 g/mol. The van der Waals surface area contributed by atoms with E-state index in [2.05, 4.69) is 60.6 Å². The first kappa shape index (κ1) is 15.7. The van der Waals surface area contributed by atoms with Crippen molar-refractivity contribution in [2.75, 3.05) is 6.61 Å². The minimum absolute atomic E-state index is 0.251. The summed E-state index contributed by atoms with van der Waals surface area (Å²) >= 11 is 0. The molecule has 16 heavy (non-hydrogen) atoms. The summed E-state index contributed by atoms with van der Waals surface area (Å²) in [6.07, 6.45) is 7.12. The third kappa shape index (κ3) is 8.96. The van der Waals surface area contributed by atoms with Gasteiger partial charge in [-0.05, 0) is 30.6 Å². The molecule has 1 nitrogen and oxygen atoms in total. The van der Waals surface area contributed by atoms with E-state index in [1.54, 1.807) is 0 Å². The van der Waals surface area contributed by atoms with Crippen molar-refractivity contribution in [1.82, 2.24) is 0 Å². The number of allylic oxidation sites excluding steroid dienone is 2. The molecule has 0 amide bonds. The topological polar surface area (TPSA) is 9.23 Å². The zero-order chi connectivity index (χ0) is 12.8. The summed E-state index contributed by atoms with van der Waals surface area (Å²) in [6, 6.07) is 0. The molecule has 0 aromatic carbocycles. The van der Waals surface area contributed by atoms with Crippen molar-refractivity contribution in [2.24, 2.45) is 10.8 Å². The van der Waals surface area contributed by atoms with Gasteiger partial charge < -0.3 is 4.74 Å². The molecule has 0 aromatic rings. The van der Waals surface area contributed by atoms with E-state index in [4.69, 9.17) is 4.74 Å². The Hall–Kier alpha value is -0.300. The summed E-state index contributed by atoms with van der Waals surface area (Å²) < 4.78 is 5.80. The van der Waals surface area contributed by atoms with Gasteiger partial charge in [0.05, 0.1) is 6.10 Å². The fourth-order valence-electron chi connectivity index (χ4n) is 1.15. The second-order valence-corrected chi connectivity index (χ2v) is 6.79. The van der Waals surface area contributed by atoms with Crippen molar-refractivity contribution in [3.63, 3.8) is 0 Å². The van der Waals surface area contributed by atoms with Crippen LogP contribution in [0.25, 0.3) is 0 Å². The van der Waals surface area contributed by atoms with Crippen molar-refractivity contribution in [1.29, 1.82) is 0 Å². The monoisotopic (exact) mass is 226 g/mol. The van der Waals surface area contributed by atoms with Crippen molar-refractivity contribution in [3.8, 4) is 0 Å². The van der Waals surface area contributed by atoms with E-state index in [0.29, 0.717) is 11.5 Å². The molecule has 1 unspecified atom stereocenters. The fourth-order valence-corrected chi connectivity index (χ4v) is 1.15. The Balaban J connectivity index is 3.59. The Kier molecular flexibility index (Phi) is 6.32. The Morgan fingerprint density at radius 3 is 2.06 bits per heavy atom. The summed E-state index contributed by atoms with van der Waals surface area (Å²) in [6.45, 7) is 16.4. The fraction of sp³-hybridized carbons (Fsp3) is 0.867. The van der Waals surface area contributed by atoms with Crippen LogP contribution in [-0.2, 0) is 4.74 Å². The van der Waals surface area contributed by atoms with Gasteiger partial charge >= 0.3 is 0 Å². The van der Waals surface area contributed by atoms with Crippen LogP contribution in [0.1, 0.15) is 61.3 Å². The summed E-state index contributed by atoms with van der Waals surface area (Å²) in [5, 5.41) is 0. The second-order valence-electron chi connectivity index (χ2n) is 6.79. The number of hydrogen-bond donors (Lipinski definition) is 0. The van der Waals surface area contributed by atoms with Crippen molar-refractivity contribution >= 4 is 0 Å². The van der Waals surface area contributed by atoms with E-state index in [-0.39, 0.29) is 5.41 Å². The highest BCUT2D eigenvalue weighted by molar-refractivity contribution is 4.91. The molecule has 0 fully saturated rings. The lowest BCUT2D eigenvalue weighted by molar-refractivity contribution is -0.00547. The van der Waals surface area contributed by atoms with Crippen molar-refractivity contribution in [3.05, 3.63) is 12.2 Å². The molecular formula is C15H30O. The summed E-state index contributed by atoms with van der Waals surface area (Å²) in [5.74, 6) is 0. The predicted octanol–water partition coefficient (Wildman–Crippen LogP) is 4.82. The van der Waals surface area contributed by atoms with Crippen LogP contribution in [0.15, 0.2) is 12.2 Å². The Bertz CT molecular complexity index is 202. The molecule has 0 saturated heterocycles. The zero-order valence-electron chi connectivity index (χ0n) is 12.3. The van der Waals surface area contributed by atoms with Gasteiger partial charge in [0.1, 0.15) is 0 Å². The van der Waals surface area contributed by atoms with Crippen LogP contribution in [0.3, 0.4) is 0 Å². The van der Waals surface area contributed by atoms with Gasteiger partial charge in [0.25, 0.3) is 0 Å². The van der Waals surface area contributed by atoms with Crippen LogP contribution in [-0.4, -0.2) is 12.7 Å². The molecule has 96 valence electrons. The van der Waals surface area contributed by atoms with Gasteiger partial charge in [-0.3, -0.25) is 0 Å². The van der Waals surface area contributed by atoms with Gasteiger partial charge in [0, 0.05) is 6.61 Å². The molecule has 0 aliphatic heterocycles. The number of hydrogen-bond acceptors (Lipinski definition) is 1. The highest BCUT2D eigenvalue weighted by atomic mass is 16.5. The lowest BCUT2D eigenvalue weighted by Gasteiger charge is -2.27. The molecule has 0 aliphatic rings. The van der Waals surface area contributed by atoms with Crippen LogP contribution >= 0.6 is 0 Å².